The van der Waals surface area contributed by atoms with Crippen molar-refractivity contribution in [3.63, 3.8) is 0 Å². The van der Waals surface area contributed by atoms with Gasteiger partial charge in [0.05, 0.1) is 36.3 Å². The fraction of sp³-hybridized carbons (Fsp3) is 0.273. The molecule has 0 unspecified atom stereocenters. The molecule has 4 rings (SSSR count). The third-order valence-electron chi connectivity index (χ3n) is 7.10. The van der Waals surface area contributed by atoms with Crippen molar-refractivity contribution in [3.8, 4) is 0 Å². The highest BCUT2D eigenvalue weighted by atomic mass is 16.7. The molecule has 3 N–H and O–H groups in total. The van der Waals surface area contributed by atoms with E-state index in [0.29, 0.717) is 39.3 Å². The van der Waals surface area contributed by atoms with Gasteiger partial charge in [0.1, 0.15) is 0 Å². The van der Waals surface area contributed by atoms with Gasteiger partial charge in [-0.05, 0) is 36.4 Å². The van der Waals surface area contributed by atoms with Crippen LogP contribution >= 0.6 is 0 Å². The van der Waals surface area contributed by atoms with Gasteiger partial charge in [-0.1, -0.05) is 54.6 Å². The lowest BCUT2D eigenvalue weighted by molar-refractivity contribution is -0.132. The van der Waals surface area contributed by atoms with Crippen LogP contribution in [0.15, 0.2) is 91.0 Å². The third-order valence-corrected chi connectivity index (χ3v) is 7.10. The zero-order chi connectivity index (χ0) is 34.1. The van der Waals surface area contributed by atoms with E-state index in [1.807, 2.05) is 0 Å². The minimum absolute atomic E-state index is 0.147. The molecule has 15 nitrogen and oxygen atoms in total. The summed E-state index contributed by atoms with van der Waals surface area (Å²) in [6.07, 6.45) is 0. The molecule has 3 aromatic rings. The van der Waals surface area contributed by atoms with E-state index in [0.717, 1.165) is 0 Å². The molecule has 1 saturated heterocycles. The van der Waals surface area contributed by atoms with E-state index in [4.69, 9.17) is 14.5 Å². The molecule has 0 aromatic heterocycles. The highest BCUT2D eigenvalue weighted by molar-refractivity contribution is 5.91. The van der Waals surface area contributed by atoms with Crippen LogP contribution in [0.2, 0.25) is 0 Å². The number of rotatable bonds is 9. The van der Waals surface area contributed by atoms with Crippen molar-refractivity contribution in [2.24, 2.45) is 0 Å². The first-order valence-electron chi connectivity index (χ1n) is 15.1. The summed E-state index contributed by atoms with van der Waals surface area (Å²) < 4.78 is 0. The van der Waals surface area contributed by atoms with E-state index in [9.17, 15) is 28.8 Å². The van der Waals surface area contributed by atoms with E-state index in [1.165, 1.54) is 0 Å². The normalized spacial score (nSPS) is 14.2. The molecule has 0 atom stereocenters. The molecule has 48 heavy (non-hydrogen) atoms. The molecule has 3 amide bonds. The Morgan fingerprint density at radius 2 is 0.646 bits per heavy atom. The Morgan fingerprint density at radius 1 is 0.417 bits per heavy atom. The van der Waals surface area contributed by atoms with Crippen molar-refractivity contribution < 1.29 is 43.3 Å². The molecule has 0 radical (unpaired) electrons. The number of hydrogen-bond acceptors (Lipinski definition) is 12. The summed E-state index contributed by atoms with van der Waals surface area (Å²) in [6.45, 7) is 1.59. The number of hydroxylamine groups is 3. The van der Waals surface area contributed by atoms with Crippen molar-refractivity contribution in [1.82, 2.24) is 31.1 Å². The first-order valence-corrected chi connectivity index (χ1v) is 15.1. The number of nitrogens with one attached hydrogen (secondary N) is 3. The zero-order valence-electron chi connectivity index (χ0n) is 26.0. The fourth-order valence-electron chi connectivity index (χ4n) is 4.57. The Morgan fingerprint density at radius 3 is 0.875 bits per heavy atom. The van der Waals surface area contributed by atoms with Crippen molar-refractivity contribution in [2.45, 2.75) is 0 Å². The number of benzene rings is 3. The topological polar surface area (TPSA) is 176 Å². The molecular formula is C33H36N6O9. The summed E-state index contributed by atoms with van der Waals surface area (Å²) in [7, 11) is 0. The average molecular weight is 661 g/mol. The summed E-state index contributed by atoms with van der Waals surface area (Å²) in [5, 5.41) is 0. The Labute approximate surface area is 276 Å². The highest BCUT2D eigenvalue weighted by Crippen LogP contribution is 2.04. The smallest absolute Gasteiger partial charge is 0.335 e. The average Bonchev–Trinajstić information content (AvgIpc) is 3.20. The fourth-order valence-corrected chi connectivity index (χ4v) is 4.57. The summed E-state index contributed by atoms with van der Waals surface area (Å²) in [4.78, 5) is 94.9. The third kappa shape index (κ3) is 11.9. The maximum Gasteiger partial charge on any atom is 0.362 e. The van der Waals surface area contributed by atoms with Crippen LogP contribution in [-0.2, 0) is 28.9 Å². The molecule has 1 aliphatic heterocycles. The van der Waals surface area contributed by atoms with Crippen molar-refractivity contribution in [2.75, 3.05) is 58.9 Å². The summed E-state index contributed by atoms with van der Waals surface area (Å²) in [6, 6.07) is 24.5. The van der Waals surface area contributed by atoms with Crippen LogP contribution in [0.1, 0.15) is 31.1 Å². The van der Waals surface area contributed by atoms with Gasteiger partial charge in [-0.3, -0.25) is 29.1 Å². The molecule has 1 aliphatic rings. The monoisotopic (exact) mass is 660 g/mol. The summed E-state index contributed by atoms with van der Waals surface area (Å²) in [5.41, 5.74) is 7.31. The predicted molar refractivity (Wildman–Crippen MR) is 169 cm³/mol. The maximum atomic E-state index is 12.7. The Kier molecular flexibility index (Phi) is 13.6. The van der Waals surface area contributed by atoms with Gasteiger partial charge in [-0.25, -0.2) is 14.4 Å². The Balaban J connectivity index is 1.33. The number of carbonyl (C=O) groups is 6. The molecule has 0 saturated carbocycles. The molecule has 1 heterocycles. The van der Waals surface area contributed by atoms with Crippen LogP contribution in [0.3, 0.4) is 0 Å². The van der Waals surface area contributed by atoms with E-state index >= 15 is 0 Å². The molecule has 1 fully saturated rings. The SMILES string of the molecule is O=C(CN1CCN(CC(=O)NOC(=O)c2ccccc2)CCN(CC(=O)NOC(=O)c2ccccc2)CC1)NOC(=O)c1ccccc1. The second kappa shape index (κ2) is 18.5. The Hall–Kier alpha value is -5.64. The van der Waals surface area contributed by atoms with E-state index in [1.54, 1.807) is 106 Å². The molecule has 0 aliphatic carbocycles. The van der Waals surface area contributed by atoms with Gasteiger partial charge in [0.15, 0.2) is 0 Å². The Bertz CT molecular complexity index is 1350. The van der Waals surface area contributed by atoms with Gasteiger partial charge in [-0.15, -0.1) is 0 Å². The second-order valence-corrected chi connectivity index (χ2v) is 10.7. The number of nitrogens with zero attached hydrogens (tertiary/aromatic N) is 3. The molecule has 252 valence electrons. The van der Waals surface area contributed by atoms with Crippen LogP contribution in [0.25, 0.3) is 0 Å². The van der Waals surface area contributed by atoms with Gasteiger partial charge in [0.2, 0.25) is 0 Å². The second-order valence-electron chi connectivity index (χ2n) is 10.7. The van der Waals surface area contributed by atoms with Crippen LogP contribution in [0, 0.1) is 0 Å². The van der Waals surface area contributed by atoms with Crippen LogP contribution in [0.4, 0.5) is 0 Å². The summed E-state index contributed by atoms with van der Waals surface area (Å²) in [5.74, 6) is -3.88. The first-order chi connectivity index (χ1) is 23.3. The van der Waals surface area contributed by atoms with Gasteiger partial charge in [0.25, 0.3) is 17.7 Å². The largest absolute Gasteiger partial charge is 0.362 e. The van der Waals surface area contributed by atoms with Crippen molar-refractivity contribution in [1.29, 1.82) is 0 Å². The van der Waals surface area contributed by atoms with Crippen LogP contribution < -0.4 is 16.4 Å². The minimum atomic E-state index is -0.719. The van der Waals surface area contributed by atoms with E-state index in [2.05, 4.69) is 16.4 Å². The maximum absolute atomic E-state index is 12.7. The standard InChI is InChI=1S/C33H36N6O9/c40-28(34-46-31(43)25-10-4-1-5-11-25)22-37-16-18-38(23-29(41)35-47-32(44)26-12-6-2-7-13-26)20-21-39(19-17-37)24-30(42)36-48-33(45)27-14-8-3-9-15-27/h1-15H,16-24H2,(H,34,40)(H,35,41)(H,36,42). The van der Waals surface area contributed by atoms with E-state index < -0.39 is 35.6 Å². The van der Waals surface area contributed by atoms with Crippen LogP contribution in [0.5, 0.6) is 0 Å². The van der Waals surface area contributed by atoms with Gasteiger partial charge >= 0.3 is 17.9 Å². The molecule has 3 aromatic carbocycles. The number of amides is 3. The number of hydrogen-bond donors (Lipinski definition) is 3. The number of carbonyl (C=O) groups excluding carboxylic acids is 6. The van der Waals surface area contributed by atoms with Crippen LogP contribution in [-0.4, -0.2) is 109 Å². The van der Waals surface area contributed by atoms with Crippen molar-refractivity contribution >= 4 is 35.6 Å². The summed E-state index contributed by atoms with van der Waals surface area (Å²) >= 11 is 0. The van der Waals surface area contributed by atoms with Gasteiger partial charge < -0.3 is 14.5 Å². The lowest BCUT2D eigenvalue weighted by Gasteiger charge is -2.24. The lowest BCUT2D eigenvalue weighted by atomic mass is 10.2. The molecular weight excluding hydrogens is 624 g/mol. The zero-order valence-corrected chi connectivity index (χ0v) is 26.0. The van der Waals surface area contributed by atoms with Gasteiger partial charge in [-0.2, -0.15) is 16.4 Å². The highest BCUT2D eigenvalue weighted by Gasteiger charge is 2.22. The molecule has 0 bridgehead atoms. The molecule has 0 spiro atoms. The van der Waals surface area contributed by atoms with E-state index in [-0.39, 0.29) is 36.3 Å². The minimum Gasteiger partial charge on any atom is -0.335 e. The predicted octanol–water partition coefficient (Wildman–Crippen LogP) is 0.571. The lowest BCUT2D eigenvalue weighted by Crippen LogP contribution is -2.44. The quantitative estimate of drug-likeness (QED) is 0.215. The molecule has 15 heteroatoms. The van der Waals surface area contributed by atoms with Gasteiger partial charge in [0, 0.05) is 39.3 Å². The first kappa shape index (κ1) is 35.2. The van der Waals surface area contributed by atoms with Crippen molar-refractivity contribution in [3.05, 3.63) is 108 Å².